The van der Waals surface area contributed by atoms with Gasteiger partial charge in [-0.1, -0.05) is 18.2 Å². The molecule has 2 aromatic carbocycles. The lowest BCUT2D eigenvalue weighted by Gasteiger charge is -2.13. The van der Waals surface area contributed by atoms with Crippen molar-refractivity contribution in [3.63, 3.8) is 0 Å². The molecule has 2 rings (SSSR count). The number of benzene rings is 2. The van der Waals surface area contributed by atoms with Crippen molar-refractivity contribution in [2.45, 2.75) is 26.9 Å². The van der Waals surface area contributed by atoms with Gasteiger partial charge in [-0.3, -0.25) is 9.59 Å². The summed E-state index contributed by atoms with van der Waals surface area (Å²) in [4.78, 5) is 35.5. The van der Waals surface area contributed by atoms with Crippen LogP contribution in [-0.4, -0.2) is 37.5 Å². The van der Waals surface area contributed by atoms with E-state index in [1.54, 1.807) is 48.5 Å². The Balaban J connectivity index is 1.92. The van der Waals surface area contributed by atoms with E-state index in [1.165, 1.54) is 20.1 Å². The molecule has 158 valence electrons. The summed E-state index contributed by atoms with van der Waals surface area (Å²) >= 11 is 0. The second-order valence-electron chi connectivity index (χ2n) is 6.67. The van der Waals surface area contributed by atoms with E-state index in [4.69, 9.17) is 14.2 Å². The largest absolute Gasteiger partial charge is 0.493 e. The highest BCUT2D eigenvalue weighted by atomic mass is 16.5. The number of rotatable bonds is 9. The highest BCUT2D eigenvalue weighted by molar-refractivity contribution is 6.04. The number of amides is 1. The van der Waals surface area contributed by atoms with E-state index in [9.17, 15) is 14.4 Å². The fourth-order valence-electron chi connectivity index (χ4n) is 2.57. The van der Waals surface area contributed by atoms with Crippen LogP contribution in [0, 0.1) is 0 Å². The van der Waals surface area contributed by atoms with Gasteiger partial charge in [-0.05, 0) is 56.7 Å². The number of anilines is 1. The minimum Gasteiger partial charge on any atom is -0.493 e. The summed E-state index contributed by atoms with van der Waals surface area (Å²) < 4.78 is 15.9. The van der Waals surface area contributed by atoms with E-state index >= 15 is 0 Å². The molecular weight excluding hydrogens is 386 g/mol. The van der Waals surface area contributed by atoms with E-state index in [0.717, 1.165) is 0 Å². The van der Waals surface area contributed by atoms with Crippen LogP contribution in [0.3, 0.4) is 0 Å². The van der Waals surface area contributed by atoms with Crippen LogP contribution < -0.4 is 14.8 Å². The first-order chi connectivity index (χ1) is 14.3. The van der Waals surface area contributed by atoms with E-state index < -0.39 is 18.5 Å². The van der Waals surface area contributed by atoms with Crippen molar-refractivity contribution in [2.24, 2.45) is 0 Å². The molecule has 0 atom stereocenters. The van der Waals surface area contributed by atoms with Crippen molar-refractivity contribution >= 4 is 29.4 Å². The number of methoxy groups -OCH3 is 1. The highest BCUT2D eigenvalue weighted by Crippen LogP contribution is 2.29. The van der Waals surface area contributed by atoms with Gasteiger partial charge < -0.3 is 19.5 Å². The number of nitrogens with one attached hydrogen (secondary N) is 1. The molecule has 1 N–H and O–H groups in total. The second-order valence-corrected chi connectivity index (χ2v) is 6.67. The van der Waals surface area contributed by atoms with Crippen molar-refractivity contribution in [1.29, 1.82) is 0 Å². The monoisotopic (exact) mass is 411 g/mol. The van der Waals surface area contributed by atoms with Gasteiger partial charge in [0, 0.05) is 11.6 Å². The lowest BCUT2D eigenvalue weighted by molar-refractivity contribution is -0.142. The Labute approximate surface area is 175 Å². The van der Waals surface area contributed by atoms with Gasteiger partial charge in [0.25, 0.3) is 5.91 Å². The molecule has 0 aliphatic carbocycles. The first kappa shape index (κ1) is 22.7. The third-order valence-electron chi connectivity index (χ3n) is 3.89. The number of carbonyl (C=O) groups is 3. The average molecular weight is 411 g/mol. The minimum absolute atomic E-state index is 0.00354. The van der Waals surface area contributed by atoms with Crippen molar-refractivity contribution in [1.82, 2.24) is 0 Å². The predicted octanol–water partition coefficient (Wildman–Crippen LogP) is 3.88. The Morgan fingerprint density at radius 1 is 1.07 bits per heavy atom. The lowest BCUT2D eigenvalue weighted by atomic mass is 10.1. The van der Waals surface area contributed by atoms with Gasteiger partial charge in [0.1, 0.15) is 0 Å². The van der Waals surface area contributed by atoms with Crippen LogP contribution in [0.15, 0.2) is 48.5 Å². The number of hydrogen-bond acceptors (Lipinski definition) is 6. The smallest absolute Gasteiger partial charge is 0.331 e. The maximum absolute atomic E-state index is 12.0. The molecular formula is C23H25NO6. The Bertz CT molecular complexity index is 948. The Kier molecular flexibility index (Phi) is 8.17. The molecule has 0 aliphatic rings. The second kappa shape index (κ2) is 10.8. The zero-order valence-corrected chi connectivity index (χ0v) is 17.4. The van der Waals surface area contributed by atoms with Crippen molar-refractivity contribution in [2.75, 3.05) is 19.0 Å². The first-order valence-electron chi connectivity index (χ1n) is 9.39. The molecule has 0 heterocycles. The Morgan fingerprint density at radius 3 is 2.47 bits per heavy atom. The zero-order chi connectivity index (χ0) is 22.1. The van der Waals surface area contributed by atoms with Crippen molar-refractivity contribution < 1.29 is 28.6 Å². The van der Waals surface area contributed by atoms with Crippen LogP contribution in [0.1, 0.15) is 36.7 Å². The number of Topliss-reactive ketones (excluding diaryl/α,β-unsaturated/α-hetero) is 1. The molecule has 30 heavy (non-hydrogen) atoms. The third kappa shape index (κ3) is 6.77. The molecule has 0 saturated carbocycles. The van der Waals surface area contributed by atoms with Crippen molar-refractivity contribution in [3.8, 4) is 11.5 Å². The quantitative estimate of drug-likeness (QED) is 0.383. The minimum atomic E-state index is -0.675. The number of para-hydroxylation sites is 1. The fourth-order valence-corrected chi connectivity index (χ4v) is 2.57. The Morgan fingerprint density at radius 2 is 1.80 bits per heavy atom. The van der Waals surface area contributed by atoms with Crippen LogP contribution in [0.25, 0.3) is 6.08 Å². The third-order valence-corrected chi connectivity index (χ3v) is 3.89. The molecule has 1 amide bonds. The molecule has 0 bridgehead atoms. The summed E-state index contributed by atoms with van der Waals surface area (Å²) in [5.41, 5.74) is 1.47. The molecule has 0 aromatic heterocycles. The van der Waals surface area contributed by atoms with Gasteiger partial charge in [0.05, 0.1) is 18.9 Å². The molecule has 0 spiro atoms. The summed E-state index contributed by atoms with van der Waals surface area (Å²) in [5, 5.41) is 2.57. The molecule has 0 aliphatic heterocycles. The average Bonchev–Trinajstić information content (AvgIpc) is 2.71. The topological polar surface area (TPSA) is 90.9 Å². The summed E-state index contributed by atoms with van der Waals surface area (Å²) in [5.74, 6) is -0.239. The molecule has 7 nitrogen and oxygen atoms in total. The van der Waals surface area contributed by atoms with Gasteiger partial charge in [0.15, 0.2) is 23.9 Å². The molecule has 2 aromatic rings. The van der Waals surface area contributed by atoms with Crippen LogP contribution in [0.5, 0.6) is 11.5 Å². The van der Waals surface area contributed by atoms with E-state index in [0.29, 0.717) is 28.3 Å². The molecule has 0 fully saturated rings. The van der Waals surface area contributed by atoms with Gasteiger partial charge in [-0.25, -0.2) is 4.79 Å². The van der Waals surface area contributed by atoms with Crippen LogP contribution in [0.4, 0.5) is 5.69 Å². The van der Waals surface area contributed by atoms with Crippen LogP contribution >= 0.6 is 0 Å². The van der Waals surface area contributed by atoms with Gasteiger partial charge in [-0.2, -0.15) is 0 Å². The summed E-state index contributed by atoms with van der Waals surface area (Å²) in [6.07, 6.45) is 2.77. The lowest BCUT2D eigenvalue weighted by Crippen LogP contribution is -2.21. The zero-order valence-electron chi connectivity index (χ0n) is 17.4. The molecule has 0 unspecified atom stereocenters. The highest BCUT2D eigenvalue weighted by Gasteiger charge is 2.11. The van der Waals surface area contributed by atoms with Gasteiger partial charge in [0.2, 0.25) is 0 Å². The van der Waals surface area contributed by atoms with Crippen LogP contribution in [-0.2, 0) is 14.3 Å². The fraction of sp³-hybridized carbons (Fsp3) is 0.261. The maximum atomic E-state index is 12.0. The number of ether oxygens (including phenoxy) is 3. The Hall–Kier alpha value is -3.61. The molecule has 0 radical (unpaired) electrons. The first-order valence-corrected chi connectivity index (χ1v) is 9.39. The van der Waals surface area contributed by atoms with Gasteiger partial charge in [-0.15, -0.1) is 0 Å². The van der Waals surface area contributed by atoms with Crippen molar-refractivity contribution in [3.05, 3.63) is 59.7 Å². The maximum Gasteiger partial charge on any atom is 0.331 e. The SMILES string of the molecule is COc1cc(/C=C/C(=O)OCC(=O)Nc2ccccc2C(C)=O)ccc1OC(C)C. The standard InChI is InChI=1S/C23H25NO6/c1-15(2)30-20-11-9-17(13-21(20)28-4)10-12-23(27)29-14-22(26)24-19-8-6-5-7-18(19)16(3)25/h5-13,15H,14H2,1-4H3,(H,24,26)/b12-10+. The number of esters is 1. The number of carbonyl (C=O) groups excluding carboxylic acids is 3. The number of hydrogen-bond donors (Lipinski definition) is 1. The number of ketones is 1. The van der Waals surface area contributed by atoms with Crippen LogP contribution in [0.2, 0.25) is 0 Å². The van der Waals surface area contributed by atoms with E-state index in [2.05, 4.69) is 5.32 Å². The predicted molar refractivity (Wildman–Crippen MR) is 114 cm³/mol. The van der Waals surface area contributed by atoms with Gasteiger partial charge >= 0.3 is 5.97 Å². The molecule has 0 saturated heterocycles. The van der Waals surface area contributed by atoms with E-state index in [-0.39, 0.29) is 11.9 Å². The molecule has 7 heteroatoms. The normalized spacial score (nSPS) is 10.7. The summed E-state index contributed by atoms with van der Waals surface area (Å²) in [6, 6.07) is 11.9. The summed E-state index contributed by atoms with van der Waals surface area (Å²) in [7, 11) is 1.53. The van der Waals surface area contributed by atoms with E-state index in [1.807, 2.05) is 13.8 Å². The summed E-state index contributed by atoms with van der Waals surface area (Å²) in [6.45, 7) is 4.77.